The van der Waals surface area contributed by atoms with Crippen LogP contribution in [0.5, 0.6) is 0 Å². The summed E-state index contributed by atoms with van der Waals surface area (Å²) < 4.78 is 0. The fourth-order valence-corrected chi connectivity index (χ4v) is 8.15. The van der Waals surface area contributed by atoms with Gasteiger partial charge >= 0.3 is 0 Å². The fourth-order valence-electron chi connectivity index (χ4n) is 8.15. The maximum absolute atomic E-state index is 2.36. The van der Waals surface area contributed by atoms with E-state index >= 15 is 0 Å². The van der Waals surface area contributed by atoms with Gasteiger partial charge in [0, 0.05) is 17.1 Å². The molecule has 0 atom stereocenters. The minimum atomic E-state index is 1.10. The Labute approximate surface area is 334 Å². The molecular formula is C56H39N. The van der Waals surface area contributed by atoms with Crippen LogP contribution in [0.2, 0.25) is 0 Å². The number of rotatable bonds is 8. The minimum Gasteiger partial charge on any atom is -0.311 e. The molecule has 0 fully saturated rings. The van der Waals surface area contributed by atoms with Crippen molar-refractivity contribution in [2.45, 2.75) is 0 Å². The van der Waals surface area contributed by atoms with E-state index in [1.54, 1.807) is 0 Å². The Balaban J connectivity index is 1.03. The van der Waals surface area contributed by atoms with Gasteiger partial charge in [-0.05, 0) is 126 Å². The van der Waals surface area contributed by atoms with Crippen molar-refractivity contribution in [2.75, 3.05) is 4.90 Å². The van der Waals surface area contributed by atoms with Crippen LogP contribution >= 0.6 is 0 Å². The lowest BCUT2D eigenvalue weighted by Crippen LogP contribution is -2.09. The third-order valence-corrected chi connectivity index (χ3v) is 11.1. The zero-order valence-corrected chi connectivity index (χ0v) is 31.5. The van der Waals surface area contributed by atoms with Crippen molar-refractivity contribution in [3.05, 3.63) is 237 Å². The summed E-state index contributed by atoms with van der Waals surface area (Å²) in [4.78, 5) is 2.36. The second-order valence-electron chi connectivity index (χ2n) is 14.6. The summed E-state index contributed by atoms with van der Waals surface area (Å²) >= 11 is 0. The van der Waals surface area contributed by atoms with Gasteiger partial charge in [-0.3, -0.25) is 0 Å². The molecule has 0 bridgehead atoms. The lowest BCUT2D eigenvalue weighted by molar-refractivity contribution is 1.28. The highest BCUT2D eigenvalue weighted by Crippen LogP contribution is 2.42. The topological polar surface area (TPSA) is 3.24 Å². The van der Waals surface area contributed by atoms with Crippen LogP contribution in [0.3, 0.4) is 0 Å². The summed E-state index contributed by atoms with van der Waals surface area (Å²) in [6.07, 6.45) is 0. The Morgan fingerprint density at radius 1 is 0.228 bits per heavy atom. The largest absolute Gasteiger partial charge is 0.311 e. The van der Waals surface area contributed by atoms with Crippen LogP contribution in [-0.2, 0) is 0 Å². The SMILES string of the molecule is c1ccc(-c2ccc(N(c3ccc(-c4cccc(-c5ccc6ccccc6c5)c4)cc3)c3ccc(-c4c(-c5ccccc5)ccc5ccccc45)cc3)cc2)cc1. The van der Waals surface area contributed by atoms with Crippen molar-refractivity contribution in [1.82, 2.24) is 0 Å². The van der Waals surface area contributed by atoms with E-state index in [1.807, 2.05) is 0 Å². The summed E-state index contributed by atoms with van der Waals surface area (Å²) in [6.45, 7) is 0. The highest BCUT2D eigenvalue weighted by molar-refractivity contribution is 6.04. The molecule has 0 aliphatic carbocycles. The van der Waals surface area contributed by atoms with Crippen molar-refractivity contribution in [3.63, 3.8) is 0 Å². The van der Waals surface area contributed by atoms with Crippen molar-refractivity contribution >= 4 is 38.6 Å². The fraction of sp³-hybridized carbons (Fsp3) is 0. The molecule has 10 aromatic carbocycles. The van der Waals surface area contributed by atoms with Crippen LogP contribution in [0.25, 0.3) is 77.2 Å². The van der Waals surface area contributed by atoms with Gasteiger partial charge in [0.25, 0.3) is 0 Å². The Morgan fingerprint density at radius 3 is 1.30 bits per heavy atom. The Morgan fingerprint density at radius 2 is 0.649 bits per heavy atom. The maximum Gasteiger partial charge on any atom is 0.0462 e. The molecule has 268 valence electrons. The van der Waals surface area contributed by atoms with E-state index in [9.17, 15) is 0 Å². The molecule has 0 saturated heterocycles. The molecule has 1 nitrogen and oxygen atoms in total. The monoisotopic (exact) mass is 725 g/mol. The molecule has 1 heteroatoms. The molecule has 0 N–H and O–H groups in total. The first-order valence-electron chi connectivity index (χ1n) is 19.6. The molecule has 57 heavy (non-hydrogen) atoms. The van der Waals surface area contributed by atoms with Gasteiger partial charge in [-0.2, -0.15) is 0 Å². The number of fused-ring (bicyclic) bond motifs is 2. The van der Waals surface area contributed by atoms with Gasteiger partial charge in [-0.15, -0.1) is 0 Å². The molecule has 10 aromatic rings. The van der Waals surface area contributed by atoms with Gasteiger partial charge in [-0.1, -0.05) is 188 Å². The van der Waals surface area contributed by atoms with Gasteiger partial charge in [0.05, 0.1) is 0 Å². The van der Waals surface area contributed by atoms with Crippen molar-refractivity contribution in [1.29, 1.82) is 0 Å². The minimum absolute atomic E-state index is 1.10. The van der Waals surface area contributed by atoms with E-state index < -0.39 is 0 Å². The Bertz CT molecular complexity index is 2970. The Kier molecular flexibility index (Phi) is 8.95. The average molecular weight is 726 g/mol. The van der Waals surface area contributed by atoms with Crippen molar-refractivity contribution < 1.29 is 0 Å². The summed E-state index contributed by atoms with van der Waals surface area (Å²) in [7, 11) is 0. The number of hydrogen-bond acceptors (Lipinski definition) is 1. The van der Waals surface area contributed by atoms with Gasteiger partial charge in [-0.25, -0.2) is 0 Å². The van der Waals surface area contributed by atoms with Gasteiger partial charge in [0.15, 0.2) is 0 Å². The highest BCUT2D eigenvalue weighted by atomic mass is 15.1. The quantitative estimate of drug-likeness (QED) is 0.151. The van der Waals surface area contributed by atoms with Crippen LogP contribution < -0.4 is 4.90 Å². The van der Waals surface area contributed by atoms with Gasteiger partial charge in [0.2, 0.25) is 0 Å². The molecule has 10 rings (SSSR count). The molecule has 0 unspecified atom stereocenters. The van der Waals surface area contributed by atoms with Gasteiger partial charge < -0.3 is 4.90 Å². The summed E-state index contributed by atoms with van der Waals surface area (Å²) in [5.74, 6) is 0. The summed E-state index contributed by atoms with van der Waals surface area (Å²) in [5, 5.41) is 5.00. The van der Waals surface area contributed by atoms with Gasteiger partial charge in [0.1, 0.15) is 0 Å². The first kappa shape index (κ1) is 34.0. The predicted molar refractivity (Wildman–Crippen MR) is 243 cm³/mol. The molecular weight excluding hydrogens is 687 g/mol. The molecule has 0 aliphatic rings. The third kappa shape index (κ3) is 6.77. The second-order valence-corrected chi connectivity index (χ2v) is 14.6. The summed E-state index contributed by atoms with van der Waals surface area (Å²) in [6, 6.07) is 85.6. The molecule has 0 spiro atoms. The van der Waals surface area contributed by atoms with Crippen LogP contribution in [0.15, 0.2) is 237 Å². The molecule has 0 aliphatic heterocycles. The number of benzene rings is 10. The Hall–Kier alpha value is -7.48. The lowest BCUT2D eigenvalue weighted by Gasteiger charge is -2.26. The van der Waals surface area contributed by atoms with E-state index in [-0.39, 0.29) is 0 Å². The number of anilines is 3. The zero-order chi connectivity index (χ0) is 38.0. The van der Waals surface area contributed by atoms with Crippen LogP contribution in [0.4, 0.5) is 17.1 Å². The van der Waals surface area contributed by atoms with E-state index in [0.717, 1.165) is 17.1 Å². The third-order valence-electron chi connectivity index (χ3n) is 11.1. The van der Waals surface area contributed by atoms with Crippen molar-refractivity contribution in [2.24, 2.45) is 0 Å². The standard InChI is InChI=1S/C56H39N/c1-3-12-40(13-4-1)42-24-31-51(32-25-42)57(52-33-26-43(27-34-52)48-19-11-20-49(38-48)50-23-22-41-14-7-8-18-47(41)39-50)53-35-28-46(29-36-53)56-54-21-10-9-17-45(54)30-37-55(56)44-15-5-2-6-16-44/h1-39H. The van der Waals surface area contributed by atoms with E-state index in [1.165, 1.54) is 77.2 Å². The van der Waals surface area contributed by atoms with Crippen LogP contribution in [0, 0.1) is 0 Å². The second kappa shape index (κ2) is 15.0. The molecule has 0 aromatic heterocycles. The van der Waals surface area contributed by atoms with Crippen molar-refractivity contribution in [3.8, 4) is 55.6 Å². The lowest BCUT2D eigenvalue weighted by atomic mass is 9.89. The first-order chi connectivity index (χ1) is 28.2. The first-order valence-corrected chi connectivity index (χ1v) is 19.6. The number of hydrogen-bond donors (Lipinski definition) is 0. The molecule has 0 radical (unpaired) electrons. The molecule has 0 saturated carbocycles. The normalized spacial score (nSPS) is 11.2. The van der Waals surface area contributed by atoms with E-state index in [4.69, 9.17) is 0 Å². The molecule has 0 heterocycles. The average Bonchev–Trinajstić information content (AvgIpc) is 3.30. The van der Waals surface area contributed by atoms with Crippen LogP contribution in [0.1, 0.15) is 0 Å². The van der Waals surface area contributed by atoms with E-state index in [0.29, 0.717) is 0 Å². The maximum atomic E-state index is 2.36. The smallest absolute Gasteiger partial charge is 0.0462 e. The highest BCUT2D eigenvalue weighted by Gasteiger charge is 2.16. The zero-order valence-electron chi connectivity index (χ0n) is 31.5. The number of nitrogens with zero attached hydrogens (tertiary/aromatic N) is 1. The van der Waals surface area contributed by atoms with Crippen LogP contribution in [-0.4, -0.2) is 0 Å². The summed E-state index contributed by atoms with van der Waals surface area (Å²) in [5.41, 5.74) is 15.4. The van der Waals surface area contributed by atoms with E-state index in [2.05, 4.69) is 241 Å². The molecule has 0 amide bonds. The predicted octanol–water partition coefficient (Wildman–Crippen LogP) is 15.8.